The van der Waals surface area contributed by atoms with Crippen molar-refractivity contribution < 1.29 is 13.2 Å². The summed E-state index contributed by atoms with van der Waals surface area (Å²) in [6.45, 7) is 3.07. The van der Waals surface area contributed by atoms with E-state index >= 15 is 0 Å². The maximum Gasteiger partial charge on any atom is 0.264 e. The lowest BCUT2D eigenvalue weighted by Crippen LogP contribution is -2.40. The van der Waals surface area contributed by atoms with Gasteiger partial charge in [0.1, 0.15) is 6.54 Å². The smallest absolute Gasteiger partial charge is 0.264 e. The molecule has 9 heteroatoms. The van der Waals surface area contributed by atoms with Gasteiger partial charge in [-0.25, -0.2) is 13.8 Å². The van der Waals surface area contributed by atoms with Crippen LogP contribution in [0, 0.1) is 10.5 Å². The largest absolute Gasteiger partial charge is 0.271 e. The van der Waals surface area contributed by atoms with Crippen LogP contribution in [0.25, 0.3) is 0 Å². The zero-order valence-electron chi connectivity index (χ0n) is 17.4. The van der Waals surface area contributed by atoms with Crippen LogP contribution >= 0.6 is 34.2 Å². The van der Waals surface area contributed by atoms with Crippen LogP contribution in [0.1, 0.15) is 18.1 Å². The molecule has 32 heavy (non-hydrogen) atoms. The Morgan fingerprint density at radius 2 is 1.78 bits per heavy atom. The van der Waals surface area contributed by atoms with Gasteiger partial charge < -0.3 is 0 Å². The summed E-state index contributed by atoms with van der Waals surface area (Å²) in [5, 5.41) is 4.51. The topological polar surface area (TPSA) is 78.8 Å². The number of benzene rings is 3. The summed E-state index contributed by atoms with van der Waals surface area (Å²) in [5.41, 5.74) is 4.92. The molecule has 0 saturated carbocycles. The number of carbonyl (C=O) groups excluding carboxylic acids is 1. The van der Waals surface area contributed by atoms with E-state index in [9.17, 15) is 13.2 Å². The number of hydrazone groups is 1. The Labute approximate surface area is 206 Å². The van der Waals surface area contributed by atoms with Gasteiger partial charge in [-0.2, -0.15) is 5.10 Å². The quantitative estimate of drug-likeness (QED) is 0.243. The van der Waals surface area contributed by atoms with E-state index in [2.05, 4.69) is 33.1 Å². The van der Waals surface area contributed by atoms with Crippen molar-refractivity contribution in [3.05, 3.63) is 92.5 Å². The molecule has 0 heterocycles. The molecule has 3 rings (SSSR count). The fraction of sp³-hybridized carbons (Fsp3) is 0.130. The van der Waals surface area contributed by atoms with Crippen LogP contribution in [0.4, 0.5) is 5.69 Å². The number of carbonyl (C=O) groups is 1. The number of sulfonamides is 1. The maximum absolute atomic E-state index is 13.4. The minimum absolute atomic E-state index is 0.0747. The van der Waals surface area contributed by atoms with Gasteiger partial charge in [0.15, 0.2) is 0 Å². The second-order valence-corrected chi connectivity index (χ2v) is 10.5. The summed E-state index contributed by atoms with van der Waals surface area (Å²) in [5.74, 6) is -0.575. The number of aryl methyl sites for hydroxylation is 1. The van der Waals surface area contributed by atoms with Crippen molar-refractivity contribution in [3.8, 4) is 0 Å². The van der Waals surface area contributed by atoms with Crippen LogP contribution < -0.4 is 9.73 Å². The first kappa shape index (κ1) is 24.2. The monoisotopic (exact) mass is 581 g/mol. The average molecular weight is 582 g/mol. The van der Waals surface area contributed by atoms with Gasteiger partial charge >= 0.3 is 0 Å². The number of halogens is 2. The van der Waals surface area contributed by atoms with E-state index < -0.39 is 22.5 Å². The van der Waals surface area contributed by atoms with Gasteiger partial charge in [-0.15, -0.1) is 0 Å². The van der Waals surface area contributed by atoms with Gasteiger partial charge in [-0.3, -0.25) is 9.10 Å². The van der Waals surface area contributed by atoms with Crippen LogP contribution in [-0.4, -0.2) is 26.6 Å². The molecule has 0 fully saturated rings. The highest BCUT2D eigenvalue weighted by atomic mass is 127. The maximum atomic E-state index is 13.4. The lowest BCUT2D eigenvalue weighted by atomic mass is 10.1. The van der Waals surface area contributed by atoms with Crippen LogP contribution in [0.15, 0.2) is 82.8 Å². The van der Waals surface area contributed by atoms with Crippen LogP contribution in [-0.2, 0) is 14.8 Å². The number of anilines is 1. The van der Waals surface area contributed by atoms with Crippen molar-refractivity contribution in [2.75, 3.05) is 10.8 Å². The van der Waals surface area contributed by atoms with Crippen molar-refractivity contribution >= 4 is 61.5 Å². The lowest BCUT2D eigenvalue weighted by Gasteiger charge is -2.25. The van der Waals surface area contributed by atoms with Crippen LogP contribution in [0.5, 0.6) is 0 Å². The molecule has 0 unspecified atom stereocenters. The fourth-order valence-electron chi connectivity index (χ4n) is 2.96. The van der Waals surface area contributed by atoms with E-state index in [-0.39, 0.29) is 4.90 Å². The summed E-state index contributed by atoms with van der Waals surface area (Å²) in [6, 6.07) is 20.5. The number of nitrogens with one attached hydrogen (secondary N) is 1. The molecular formula is C23H21ClIN3O3S. The first-order valence-corrected chi connectivity index (χ1v) is 12.5. The van der Waals surface area contributed by atoms with Crippen molar-refractivity contribution in [1.29, 1.82) is 0 Å². The van der Waals surface area contributed by atoms with E-state index in [1.807, 2.05) is 24.3 Å². The van der Waals surface area contributed by atoms with E-state index in [1.54, 1.807) is 44.2 Å². The third-order valence-electron chi connectivity index (χ3n) is 4.65. The Morgan fingerprint density at radius 3 is 2.47 bits per heavy atom. The highest BCUT2D eigenvalue weighted by molar-refractivity contribution is 14.1. The minimum Gasteiger partial charge on any atom is -0.271 e. The Morgan fingerprint density at radius 1 is 1.06 bits per heavy atom. The second kappa shape index (κ2) is 10.5. The summed E-state index contributed by atoms with van der Waals surface area (Å²) in [6.07, 6.45) is 0. The second-order valence-electron chi connectivity index (χ2n) is 7.00. The van der Waals surface area contributed by atoms with Gasteiger partial charge in [0.05, 0.1) is 16.3 Å². The zero-order chi connectivity index (χ0) is 23.3. The molecule has 0 radical (unpaired) electrons. The molecule has 0 aliphatic rings. The van der Waals surface area contributed by atoms with E-state index in [4.69, 9.17) is 11.6 Å². The van der Waals surface area contributed by atoms with Gasteiger partial charge in [-0.1, -0.05) is 48.0 Å². The normalized spacial score (nSPS) is 11.8. The molecule has 6 nitrogen and oxygen atoms in total. The standard InChI is InChI=1S/C23H21ClIN3O3S/c1-16-11-12-19(24)14-22(16)28(32(30,31)21-9-4-3-5-10-21)15-23(29)27-26-17(2)18-7-6-8-20(25)13-18/h3-14H,15H2,1-2H3,(H,27,29)/b26-17+. The number of rotatable bonds is 7. The summed E-state index contributed by atoms with van der Waals surface area (Å²) in [4.78, 5) is 12.8. The predicted octanol–water partition coefficient (Wildman–Crippen LogP) is 4.99. The van der Waals surface area contributed by atoms with Crippen LogP contribution in [0.3, 0.4) is 0 Å². The summed E-state index contributed by atoms with van der Waals surface area (Å²) in [7, 11) is -4.02. The molecule has 1 amide bonds. The van der Waals surface area contributed by atoms with E-state index in [1.165, 1.54) is 18.2 Å². The van der Waals surface area contributed by atoms with Gasteiger partial charge in [0.2, 0.25) is 0 Å². The molecule has 0 bridgehead atoms. The molecular weight excluding hydrogens is 561 g/mol. The molecule has 0 aliphatic carbocycles. The third kappa shape index (κ3) is 5.87. The molecule has 0 spiro atoms. The van der Waals surface area contributed by atoms with Crippen molar-refractivity contribution in [1.82, 2.24) is 5.43 Å². The molecule has 166 valence electrons. The summed E-state index contributed by atoms with van der Waals surface area (Å²) >= 11 is 8.33. The number of amides is 1. The lowest BCUT2D eigenvalue weighted by molar-refractivity contribution is -0.119. The zero-order valence-corrected chi connectivity index (χ0v) is 21.1. The third-order valence-corrected chi connectivity index (χ3v) is 7.33. The van der Waals surface area contributed by atoms with E-state index in [0.717, 1.165) is 13.4 Å². The van der Waals surface area contributed by atoms with Crippen molar-refractivity contribution in [3.63, 3.8) is 0 Å². The Hall–Kier alpha value is -2.43. The SMILES string of the molecule is C/C(=N\NC(=O)CN(c1cc(Cl)ccc1C)S(=O)(=O)c1ccccc1)c1cccc(I)c1. The van der Waals surface area contributed by atoms with Gasteiger partial charge in [0, 0.05) is 8.59 Å². The molecule has 1 N–H and O–H groups in total. The van der Waals surface area contributed by atoms with Gasteiger partial charge in [-0.05, 0) is 84.0 Å². The Kier molecular flexibility index (Phi) is 7.91. The predicted molar refractivity (Wildman–Crippen MR) is 137 cm³/mol. The molecule has 0 saturated heterocycles. The molecule has 0 aliphatic heterocycles. The highest BCUT2D eigenvalue weighted by Gasteiger charge is 2.28. The molecule has 3 aromatic rings. The fourth-order valence-corrected chi connectivity index (χ4v) is 5.17. The number of hydrogen-bond acceptors (Lipinski definition) is 4. The van der Waals surface area contributed by atoms with Crippen LogP contribution in [0.2, 0.25) is 5.02 Å². The van der Waals surface area contributed by atoms with Crippen molar-refractivity contribution in [2.24, 2.45) is 5.10 Å². The van der Waals surface area contributed by atoms with Crippen molar-refractivity contribution in [2.45, 2.75) is 18.7 Å². The first-order valence-electron chi connectivity index (χ1n) is 9.61. The molecule has 0 aromatic heterocycles. The molecule has 3 aromatic carbocycles. The minimum atomic E-state index is -4.02. The number of nitrogens with zero attached hydrogens (tertiary/aromatic N) is 2. The Balaban J connectivity index is 1.91. The average Bonchev–Trinajstić information content (AvgIpc) is 2.78. The summed E-state index contributed by atoms with van der Waals surface area (Å²) < 4.78 is 28.9. The number of hydrogen-bond donors (Lipinski definition) is 1. The van der Waals surface area contributed by atoms with Gasteiger partial charge in [0.25, 0.3) is 15.9 Å². The van der Waals surface area contributed by atoms with E-state index in [0.29, 0.717) is 22.0 Å². The highest BCUT2D eigenvalue weighted by Crippen LogP contribution is 2.29. The molecule has 0 atom stereocenters. The first-order chi connectivity index (χ1) is 15.2. The Bertz CT molecular complexity index is 1260.